The van der Waals surface area contributed by atoms with E-state index in [0.29, 0.717) is 5.71 Å². The van der Waals surface area contributed by atoms with Gasteiger partial charge in [-0.15, -0.1) is 0 Å². The topological polar surface area (TPSA) is 62.2 Å². The van der Waals surface area contributed by atoms with E-state index in [-0.39, 0.29) is 0 Å². The van der Waals surface area contributed by atoms with Crippen molar-refractivity contribution in [1.82, 2.24) is 5.32 Å². The summed E-state index contributed by atoms with van der Waals surface area (Å²) in [5.74, 6) is 0. The minimum atomic E-state index is -0.509. The summed E-state index contributed by atoms with van der Waals surface area (Å²) < 4.78 is 4.95. The zero-order chi connectivity index (χ0) is 10.5. The van der Waals surface area contributed by atoms with E-state index < -0.39 is 11.7 Å². The number of carbonyl (C=O) groups is 1. The van der Waals surface area contributed by atoms with Gasteiger partial charge in [0.1, 0.15) is 5.60 Å². The van der Waals surface area contributed by atoms with E-state index in [1.807, 2.05) is 0 Å². The quantitative estimate of drug-likeness (QED) is 0.645. The number of rotatable bonds is 2. The summed E-state index contributed by atoms with van der Waals surface area (Å²) in [7, 11) is 0. The Kier molecular flexibility index (Phi) is 4.17. The number of allylic oxidation sites excluding steroid dienone is 1. The molecular weight excluding hydrogens is 168 g/mol. The molecule has 0 aromatic rings. The predicted molar refractivity (Wildman–Crippen MR) is 51.9 cm³/mol. The minimum absolute atomic E-state index is 0.371. The van der Waals surface area contributed by atoms with E-state index in [4.69, 9.17) is 10.1 Å². The molecule has 0 saturated heterocycles. The maximum absolute atomic E-state index is 11.0. The molecule has 0 saturated carbocycles. The van der Waals surface area contributed by atoms with Crippen molar-refractivity contribution >= 4 is 11.8 Å². The second-order valence-electron chi connectivity index (χ2n) is 3.66. The summed E-state index contributed by atoms with van der Waals surface area (Å²) in [6.07, 6.45) is 2.35. The molecule has 0 radical (unpaired) electrons. The highest BCUT2D eigenvalue weighted by atomic mass is 16.6. The zero-order valence-corrected chi connectivity index (χ0v) is 8.47. The zero-order valence-electron chi connectivity index (χ0n) is 8.47. The monoisotopic (exact) mass is 184 g/mol. The lowest BCUT2D eigenvalue weighted by Gasteiger charge is -2.18. The standard InChI is InChI=1S/C9H16N2O2/c1-7(10)5-6-11-8(12)13-9(2,3)4/h5-6,10H,1-4H3,(H,11,12)/b6-5-,10-7?. The number of hydrogen-bond acceptors (Lipinski definition) is 3. The molecule has 4 nitrogen and oxygen atoms in total. The number of ether oxygens (including phenoxy) is 1. The Balaban J connectivity index is 3.83. The van der Waals surface area contributed by atoms with Crippen LogP contribution in [-0.2, 0) is 4.74 Å². The molecule has 0 aliphatic carbocycles. The Labute approximate surface area is 78.5 Å². The van der Waals surface area contributed by atoms with Gasteiger partial charge < -0.3 is 10.1 Å². The third kappa shape index (κ3) is 8.59. The van der Waals surface area contributed by atoms with Gasteiger partial charge >= 0.3 is 6.09 Å². The molecule has 13 heavy (non-hydrogen) atoms. The maximum atomic E-state index is 11.0. The molecule has 74 valence electrons. The molecule has 0 aliphatic heterocycles. The molecule has 0 bridgehead atoms. The highest BCUT2D eigenvalue weighted by Crippen LogP contribution is 2.06. The normalized spacial score (nSPS) is 11.4. The maximum Gasteiger partial charge on any atom is 0.411 e. The van der Waals surface area contributed by atoms with Crippen LogP contribution in [0.1, 0.15) is 27.7 Å². The molecule has 4 heteroatoms. The predicted octanol–water partition coefficient (Wildman–Crippen LogP) is 2.06. The number of alkyl carbamates (subject to hydrolysis) is 1. The highest BCUT2D eigenvalue weighted by molar-refractivity contribution is 5.90. The van der Waals surface area contributed by atoms with Gasteiger partial charge in [0, 0.05) is 11.9 Å². The van der Waals surface area contributed by atoms with Crippen LogP contribution in [0.4, 0.5) is 4.79 Å². The van der Waals surface area contributed by atoms with E-state index in [1.165, 1.54) is 12.3 Å². The molecule has 0 fully saturated rings. The van der Waals surface area contributed by atoms with Gasteiger partial charge in [-0.3, -0.25) is 5.32 Å². The van der Waals surface area contributed by atoms with Crippen molar-refractivity contribution in [2.75, 3.05) is 0 Å². The van der Waals surface area contributed by atoms with E-state index >= 15 is 0 Å². The van der Waals surface area contributed by atoms with Crippen molar-refractivity contribution in [3.63, 3.8) is 0 Å². The number of carbonyl (C=O) groups excluding carboxylic acids is 1. The average Bonchev–Trinajstić information content (AvgIpc) is 1.81. The van der Waals surface area contributed by atoms with Gasteiger partial charge in [0.2, 0.25) is 0 Å². The van der Waals surface area contributed by atoms with E-state index in [1.54, 1.807) is 27.7 Å². The van der Waals surface area contributed by atoms with Crippen molar-refractivity contribution in [2.24, 2.45) is 0 Å². The van der Waals surface area contributed by atoms with Crippen LogP contribution in [0.2, 0.25) is 0 Å². The molecule has 0 spiro atoms. The Bertz CT molecular complexity index is 226. The SMILES string of the molecule is CC(=N)/C=C\NC(=O)OC(C)(C)C. The van der Waals surface area contributed by atoms with Crippen molar-refractivity contribution in [2.45, 2.75) is 33.3 Å². The first-order valence-corrected chi connectivity index (χ1v) is 4.02. The number of hydrogen-bond donors (Lipinski definition) is 2. The van der Waals surface area contributed by atoms with Crippen LogP contribution >= 0.6 is 0 Å². The van der Waals surface area contributed by atoms with Crippen LogP contribution in [0.25, 0.3) is 0 Å². The van der Waals surface area contributed by atoms with Crippen LogP contribution in [0.5, 0.6) is 0 Å². The number of amides is 1. The molecule has 0 heterocycles. The summed E-state index contributed by atoms with van der Waals surface area (Å²) in [6.45, 7) is 6.99. The van der Waals surface area contributed by atoms with Gasteiger partial charge in [-0.1, -0.05) is 0 Å². The van der Waals surface area contributed by atoms with Gasteiger partial charge in [0.15, 0.2) is 0 Å². The van der Waals surface area contributed by atoms with Crippen molar-refractivity contribution < 1.29 is 9.53 Å². The smallest absolute Gasteiger partial charge is 0.411 e. The highest BCUT2D eigenvalue weighted by Gasteiger charge is 2.14. The van der Waals surface area contributed by atoms with Crippen LogP contribution < -0.4 is 5.32 Å². The molecular formula is C9H16N2O2. The molecule has 0 atom stereocenters. The Morgan fingerprint density at radius 1 is 1.46 bits per heavy atom. The minimum Gasteiger partial charge on any atom is -0.444 e. The lowest BCUT2D eigenvalue weighted by atomic mass is 10.2. The van der Waals surface area contributed by atoms with Gasteiger partial charge in [-0.05, 0) is 33.8 Å². The Hall–Kier alpha value is -1.32. The third-order valence-corrected chi connectivity index (χ3v) is 0.933. The second kappa shape index (κ2) is 4.64. The summed E-state index contributed by atoms with van der Waals surface area (Å²) in [5, 5.41) is 9.43. The molecule has 0 aromatic heterocycles. The third-order valence-electron chi connectivity index (χ3n) is 0.933. The molecule has 1 amide bonds. The summed E-state index contributed by atoms with van der Waals surface area (Å²) in [5.41, 5.74) is -0.117. The lowest BCUT2D eigenvalue weighted by molar-refractivity contribution is 0.0552. The largest absolute Gasteiger partial charge is 0.444 e. The fourth-order valence-corrected chi connectivity index (χ4v) is 0.542. The van der Waals surface area contributed by atoms with Crippen LogP contribution in [0.3, 0.4) is 0 Å². The molecule has 0 aromatic carbocycles. The van der Waals surface area contributed by atoms with E-state index in [2.05, 4.69) is 5.32 Å². The summed E-state index contributed by atoms with van der Waals surface area (Å²) >= 11 is 0. The number of nitrogens with one attached hydrogen (secondary N) is 2. The molecule has 0 unspecified atom stereocenters. The van der Waals surface area contributed by atoms with Crippen LogP contribution in [0, 0.1) is 5.41 Å². The Morgan fingerprint density at radius 2 is 2.00 bits per heavy atom. The first kappa shape index (κ1) is 11.7. The molecule has 0 aliphatic rings. The van der Waals surface area contributed by atoms with Gasteiger partial charge in [0.05, 0.1) is 0 Å². The van der Waals surface area contributed by atoms with E-state index in [9.17, 15) is 4.79 Å². The first-order valence-electron chi connectivity index (χ1n) is 4.02. The molecule has 0 rings (SSSR count). The van der Waals surface area contributed by atoms with Crippen molar-refractivity contribution in [3.8, 4) is 0 Å². The van der Waals surface area contributed by atoms with Crippen LogP contribution in [0.15, 0.2) is 12.3 Å². The lowest BCUT2D eigenvalue weighted by Crippen LogP contribution is -2.29. The van der Waals surface area contributed by atoms with Gasteiger partial charge in [-0.2, -0.15) is 0 Å². The second-order valence-corrected chi connectivity index (χ2v) is 3.66. The van der Waals surface area contributed by atoms with Gasteiger partial charge in [-0.25, -0.2) is 4.79 Å². The van der Waals surface area contributed by atoms with Gasteiger partial charge in [0.25, 0.3) is 0 Å². The Morgan fingerprint density at radius 3 is 2.38 bits per heavy atom. The fourth-order valence-electron chi connectivity index (χ4n) is 0.542. The van der Waals surface area contributed by atoms with Crippen LogP contribution in [-0.4, -0.2) is 17.4 Å². The molecule has 2 N–H and O–H groups in total. The fraction of sp³-hybridized carbons (Fsp3) is 0.556. The van der Waals surface area contributed by atoms with E-state index in [0.717, 1.165) is 0 Å². The summed E-state index contributed by atoms with van der Waals surface area (Å²) in [4.78, 5) is 11.0. The van der Waals surface area contributed by atoms with Crippen molar-refractivity contribution in [3.05, 3.63) is 12.3 Å². The summed E-state index contributed by atoms with van der Waals surface area (Å²) in [6, 6.07) is 0. The van der Waals surface area contributed by atoms with Crippen molar-refractivity contribution in [1.29, 1.82) is 5.41 Å². The first-order chi connectivity index (χ1) is 5.81. The average molecular weight is 184 g/mol.